The Labute approximate surface area is 96.6 Å². The van der Waals surface area contributed by atoms with E-state index in [-0.39, 0.29) is 11.8 Å². The van der Waals surface area contributed by atoms with Crippen molar-refractivity contribution in [1.29, 1.82) is 0 Å². The lowest BCUT2D eigenvalue weighted by Gasteiger charge is -2.30. The van der Waals surface area contributed by atoms with Gasteiger partial charge in [-0.3, -0.25) is 9.59 Å². The molecule has 2 amide bonds. The molecule has 2 fully saturated rings. The molecule has 0 aromatic heterocycles. The molecule has 0 spiro atoms. The lowest BCUT2D eigenvalue weighted by atomic mass is 9.84. The van der Waals surface area contributed by atoms with Gasteiger partial charge in [-0.1, -0.05) is 6.42 Å². The zero-order valence-corrected chi connectivity index (χ0v) is 9.95. The fraction of sp³-hybridized carbons (Fsp3) is 0.833. The van der Waals surface area contributed by atoms with Crippen LogP contribution in [0.15, 0.2) is 0 Å². The Kier molecular flexibility index (Phi) is 3.46. The van der Waals surface area contributed by atoms with Crippen molar-refractivity contribution in [3.8, 4) is 0 Å². The summed E-state index contributed by atoms with van der Waals surface area (Å²) in [5.74, 6) is 0.721. The minimum Gasteiger partial charge on any atom is -0.341 e. The van der Waals surface area contributed by atoms with E-state index in [2.05, 4.69) is 0 Å². The molecule has 0 N–H and O–H groups in total. The van der Waals surface area contributed by atoms with Crippen LogP contribution in [0, 0.1) is 5.92 Å². The molecule has 1 heterocycles. The molecule has 2 aliphatic rings. The molecule has 0 aromatic carbocycles. The summed E-state index contributed by atoms with van der Waals surface area (Å²) in [6.45, 7) is 4.63. The van der Waals surface area contributed by atoms with Gasteiger partial charge in [0.05, 0.1) is 0 Å². The standard InChI is InChI=1S/C12H20N2O2/c1-10(15)13-6-3-7-14(9-8-13)12(16)11-4-2-5-11/h11H,2-9H2,1H3. The van der Waals surface area contributed by atoms with Crippen molar-refractivity contribution in [3.05, 3.63) is 0 Å². The summed E-state index contributed by atoms with van der Waals surface area (Å²) in [6.07, 6.45) is 4.24. The third kappa shape index (κ3) is 2.36. The van der Waals surface area contributed by atoms with Gasteiger partial charge < -0.3 is 9.80 Å². The molecular formula is C12H20N2O2. The average Bonchev–Trinajstić information content (AvgIpc) is 2.39. The van der Waals surface area contributed by atoms with E-state index in [4.69, 9.17) is 0 Å². The highest BCUT2D eigenvalue weighted by molar-refractivity contribution is 5.80. The van der Waals surface area contributed by atoms with Crippen molar-refractivity contribution in [3.63, 3.8) is 0 Å². The fourth-order valence-corrected chi connectivity index (χ4v) is 2.37. The van der Waals surface area contributed by atoms with E-state index < -0.39 is 0 Å². The van der Waals surface area contributed by atoms with Gasteiger partial charge in [0.1, 0.15) is 0 Å². The van der Waals surface area contributed by atoms with Gasteiger partial charge in [0.2, 0.25) is 11.8 Å². The second-order valence-electron chi connectivity index (χ2n) is 4.81. The first kappa shape index (κ1) is 11.4. The number of carbonyl (C=O) groups excluding carboxylic acids is 2. The highest BCUT2D eigenvalue weighted by atomic mass is 16.2. The van der Waals surface area contributed by atoms with E-state index in [0.29, 0.717) is 12.5 Å². The van der Waals surface area contributed by atoms with Crippen LogP contribution in [0.3, 0.4) is 0 Å². The quantitative estimate of drug-likeness (QED) is 0.663. The van der Waals surface area contributed by atoms with Gasteiger partial charge in [-0.15, -0.1) is 0 Å². The topological polar surface area (TPSA) is 40.6 Å². The number of nitrogens with zero attached hydrogens (tertiary/aromatic N) is 2. The molecule has 0 atom stereocenters. The smallest absolute Gasteiger partial charge is 0.225 e. The predicted molar refractivity (Wildman–Crippen MR) is 60.8 cm³/mol. The maximum atomic E-state index is 12.0. The maximum absolute atomic E-state index is 12.0. The summed E-state index contributed by atoms with van der Waals surface area (Å²) in [6, 6.07) is 0. The number of hydrogen-bond donors (Lipinski definition) is 0. The SMILES string of the molecule is CC(=O)N1CCCN(C(=O)C2CCC2)CC1. The van der Waals surface area contributed by atoms with E-state index in [1.807, 2.05) is 9.80 Å². The van der Waals surface area contributed by atoms with Gasteiger partial charge in [-0.2, -0.15) is 0 Å². The molecule has 2 rings (SSSR count). The Bertz CT molecular complexity index is 287. The van der Waals surface area contributed by atoms with E-state index >= 15 is 0 Å². The zero-order valence-electron chi connectivity index (χ0n) is 9.95. The maximum Gasteiger partial charge on any atom is 0.225 e. The number of carbonyl (C=O) groups is 2. The van der Waals surface area contributed by atoms with Crippen LogP contribution in [0.4, 0.5) is 0 Å². The Morgan fingerprint density at radius 1 is 0.938 bits per heavy atom. The van der Waals surface area contributed by atoms with Crippen LogP contribution in [0.1, 0.15) is 32.6 Å². The van der Waals surface area contributed by atoms with Crippen LogP contribution in [-0.4, -0.2) is 47.8 Å². The number of amides is 2. The lowest BCUT2D eigenvalue weighted by molar-refractivity contribution is -0.138. The molecule has 0 unspecified atom stereocenters. The number of hydrogen-bond acceptors (Lipinski definition) is 2. The minimum atomic E-state index is 0.123. The highest BCUT2D eigenvalue weighted by Crippen LogP contribution is 2.28. The Morgan fingerprint density at radius 3 is 2.12 bits per heavy atom. The van der Waals surface area contributed by atoms with Crippen molar-refractivity contribution >= 4 is 11.8 Å². The Hall–Kier alpha value is -1.06. The lowest BCUT2D eigenvalue weighted by Crippen LogP contribution is -2.41. The second kappa shape index (κ2) is 4.85. The van der Waals surface area contributed by atoms with Crippen molar-refractivity contribution in [2.75, 3.05) is 26.2 Å². The summed E-state index contributed by atoms with van der Waals surface area (Å²) < 4.78 is 0. The summed E-state index contributed by atoms with van der Waals surface area (Å²) in [7, 11) is 0. The molecule has 4 heteroatoms. The molecule has 1 aliphatic carbocycles. The van der Waals surface area contributed by atoms with Crippen LogP contribution in [0.2, 0.25) is 0 Å². The van der Waals surface area contributed by atoms with Crippen LogP contribution >= 0.6 is 0 Å². The van der Waals surface area contributed by atoms with Gasteiger partial charge in [0, 0.05) is 39.0 Å². The van der Waals surface area contributed by atoms with E-state index in [9.17, 15) is 9.59 Å². The molecule has 1 aliphatic heterocycles. The summed E-state index contributed by atoms with van der Waals surface area (Å²) in [5, 5.41) is 0. The van der Waals surface area contributed by atoms with Crippen LogP contribution in [0.25, 0.3) is 0 Å². The van der Waals surface area contributed by atoms with Gasteiger partial charge in [-0.25, -0.2) is 0 Å². The van der Waals surface area contributed by atoms with E-state index in [1.54, 1.807) is 6.92 Å². The summed E-state index contributed by atoms with van der Waals surface area (Å²) >= 11 is 0. The van der Waals surface area contributed by atoms with Crippen LogP contribution < -0.4 is 0 Å². The first-order valence-electron chi connectivity index (χ1n) is 6.23. The largest absolute Gasteiger partial charge is 0.341 e. The van der Waals surface area contributed by atoms with E-state index in [1.165, 1.54) is 6.42 Å². The Morgan fingerprint density at radius 2 is 1.56 bits per heavy atom. The third-order valence-corrected chi connectivity index (χ3v) is 3.71. The fourth-order valence-electron chi connectivity index (χ4n) is 2.37. The normalized spacial score (nSPS) is 22.6. The highest BCUT2D eigenvalue weighted by Gasteiger charge is 2.30. The molecule has 0 aromatic rings. The van der Waals surface area contributed by atoms with E-state index in [0.717, 1.165) is 38.9 Å². The van der Waals surface area contributed by atoms with Crippen molar-refractivity contribution < 1.29 is 9.59 Å². The molecular weight excluding hydrogens is 204 g/mol. The van der Waals surface area contributed by atoms with Gasteiger partial charge in [-0.05, 0) is 19.3 Å². The van der Waals surface area contributed by atoms with Crippen molar-refractivity contribution in [1.82, 2.24) is 9.80 Å². The first-order valence-corrected chi connectivity index (χ1v) is 6.23. The monoisotopic (exact) mass is 224 g/mol. The van der Waals surface area contributed by atoms with Crippen molar-refractivity contribution in [2.45, 2.75) is 32.6 Å². The molecule has 1 saturated carbocycles. The second-order valence-corrected chi connectivity index (χ2v) is 4.81. The molecule has 4 nitrogen and oxygen atoms in total. The van der Waals surface area contributed by atoms with Crippen LogP contribution in [0.5, 0.6) is 0 Å². The van der Waals surface area contributed by atoms with Crippen molar-refractivity contribution in [2.24, 2.45) is 5.92 Å². The Balaban J connectivity index is 1.87. The molecule has 90 valence electrons. The van der Waals surface area contributed by atoms with Gasteiger partial charge >= 0.3 is 0 Å². The number of rotatable bonds is 1. The first-order chi connectivity index (χ1) is 7.68. The third-order valence-electron chi connectivity index (χ3n) is 3.71. The summed E-state index contributed by atoms with van der Waals surface area (Å²) in [4.78, 5) is 27.1. The summed E-state index contributed by atoms with van der Waals surface area (Å²) in [5.41, 5.74) is 0. The molecule has 1 saturated heterocycles. The minimum absolute atomic E-state index is 0.123. The predicted octanol–water partition coefficient (Wildman–Crippen LogP) is 0.867. The molecule has 16 heavy (non-hydrogen) atoms. The molecule has 0 bridgehead atoms. The molecule has 0 radical (unpaired) electrons. The van der Waals surface area contributed by atoms with Gasteiger partial charge in [0.25, 0.3) is 0 Å². The van der Waals surface area contributed by atoms with Crippen LogP contribution in [-0.2, 0) is 9.59 Å². The zero-order chi connectivity index (χ0) is 11.5. The van der Waals surface area contributed by atoms with Gasteiger partial charge in [0.15, 0.2) is 0 Å². The average molecular weight is 224 g/mol.